The number of unbranched alkanes of at least 4 members (excludes halogenated alkanes) is 4. The molecule has 244 valence electrons. The van der Waals surface area contributed by atoms with Crippen LogP contribution in [0, 0.1) is 0 Å². The van der Waals surface area contributed by atoms with Crippen LogP contribution in [0.2, 0.25) is 0 Å². The van der Waals surface area contributed by atoms with E-state index in [1.807, 2.05) is 41.5 Å². The molecule has 10 heteroatoms. The minimum atomic E-state index is -4.58. The second-order valence-corrected chi connectivity index (χ2v) is 18.5. The Morgan fingerprint density at radius 3 is 1.95 bits per heavy atom. The van der Waals surface area contributed by atoms with Gasteiger partial charge >= 0.3 is 12.3 Å². The zero-order valence-electron chi connectivity index (χ0n) is 27.7. The van der Waals surface area contributed by atoms with E-state index >= 15 is 0 Å². The van der Waals surface area contributed by atoms with Crippen LogP contribution in [0.25, 0.3) is 0 Å². The van der Waals surface area contributed by atoms with Gasteiger partial charge in [-0.1, -0.05) is 80.2 Å². The number of rotatable bonds is 14. The molecule has 1 atom stereocenters. The predicted octanol–water partition coefficient (Wildman–Crippen LogP) is 10.2. The standard InChI is InChI=1S/C32H55F3NO5P/c1-12-13-14-15-16-21-39-26-18-17-24(22-25(26)32(33,34)35)19-20-31(11,36-27(37)41-28(2,3)4)23-40-42(38,29(5,6)7)30(8,9)10/h17-18,22H,12-16,19-21,23H2,1-11H3,(H,36,37). The summed E-state index contributed by atoms with van der Waals surface area (Å²) in [5, 5.41) is 1.50. The summed E-state index contributed by atoms with van der Waals surface area (Å²) < 4.78 is 73.3. The molecule has 0 radical (unpaired) electrons. The van der Waals surface area contributed by atoms with E-state index in [0.29, 0.717) is 12.0 Å². The van der Waals surface area contributed by atoms with Crippen molar-refractivity contribution in [3.05, 3.63) is 29.3 Å². The van der Waals surface area contributed by atoms with E-state index in [-0.39, 0.29) is 31.8 Å². The Morgan fingerprint density at radius 1 is 0.881 bits per heavy atom. The van der Waals surface area contributed by atoms with Crippen LogP contribution in [-0.2, 0) is 26.4 Å². The molecule has 0 aliphatic heterocycles. The van der Waals surface area contributed by atoms with E-state index in [0.717, 1.165) is 31.7 Å². The fourth-order valence-electron chi connectivity index (χ4n) is 4.74. The average molecular weight is 622 g/mol. The minimum absolute atomic E-state index is 0.108. The first-order chi connectivity index (χ1) is 18.9. The van der Waals surface area contributed by atoms with Crippen molar-refractivity contribution in [1.29, 1.82) is 0 Å². The summed E-state index contributed by atoms with van der Waals surface area (Å²) in [6, 6.07) is 4.09. The van der Waals surface area contributed by atoms with E-state index in [1.54, 1.807) is 33.8 Å². The molecule has 0 heterocycles. The fourth-order valence-corrected chi connectivity index (χ4v) is 7.99. The second-order valence-electron chi connectivity index (χ2n) is 14.4. The molecule has 0 fully saturated rings. The van der Waals surface area contributed by atoms with Crippen molar-refractivity contribution in [1.82, 2.24) is 5.32 Å². The minimum Gasteiger partial charge on any atom is -0.493 e. The summed E-state index contributed by atoms with van der Waals surface area (Å²) in [5.41, 5.74) is -2.23. The molecule has 6 nitrogen and oxygen atoms in total. The van der Waals surface area contributed by atoms with Crippen molar-refractivity contribution >= 4 is 13.5 Å². The quantitative estimate of drug-likeness (QED) is 0.165. The number of alkyl halides is 3. The normalized spacial score (nSPS) is 14.8. The Bertz CT molecular complexity index is 1040. The van der Waals surface area contributed by atoms with Gasteiger partial charge in [0, 0.05) is 10.3 Å². The van der Waals surface area contributed by atoms with Crippen LogP contribution >= 0.6 is 7.37 Å². The zero-order valence-corrected chi connectivity index (χ0v) is 28.6. The fraction of sp³-hybridized carbons (Fsp3) is 0.781. The number of aryl methyl sites for hydroxylation is 1. The lowest BCUT2D eigenvalue weighted by Crippen LogP contribution is -2.51. The van der Waals surface area contributed by atoms with Crippen LogP contribution in [-0.4, -0.2) is 40.8 Å². The van der Waals surface area contributed by atoms with Crippen molar-refractivity contribution < 1.29 is 36.5 Å². The van der Waals surface area contributed by atoms with Gasteiger partial charge in [0.25, 0.3) is 0 Å². The van der Waals surface area contributed by atoms with Crippen LogP contribution < -0.4 is 10.1 Å². The number of carbonyl (C=O) groups is 1. The molecule has 1 rings (SSSR count). The summed E-state index contributed by atoms with van der Waals surface area (Å²) >= 11 is 0. The number of ether oxygens (including phenoxy) is 2. The van der Waals surface area contributed by atoms with Crippen molar-refractivity contribution in [3.63, 3.8) is 0 Å². The third-order valence-corrected chi connectivity index (χ3v) is 11.0. The van der Waals surface area contributed by atoms with Crippen LogP contribution in [0.15, 0.2) is 18.2 Å². The van der Waals surface area contributed by atoms with Gasteiger partial charge in [0.15, 0.2) is 0 Å². The summed E-state index contributed by atoms with van der Waals surface area (Å²) in [6.45, 7) is 20.3. The maximum Gasteiger partial charge on any atom is 0.419 e. The molecule has 0 aliphatic carbocycles. The Hall–Kier alpha value is -1.73. The number of alkyl carbamates (subject to hydrolysis) is 1. The molecule has 0 aromatic heterocycles. The molecule has 1 aromatic rings. The Balaban J connectivity index is 3.22. The van der Waals surface area contributed by atoms with Crippen LogP contribution in [0.3, 0.4) is 0 Å². The number of nitrogens with one attached hydrogen (secondary N) is 1. The highest BCUT2D eigenvalue weighted by Crippen LogP contribution is 2.67. The molecule has 1 aromatic carbocycles. The molecule has 0 spiro atoms. The van der Waals surface area contributed by atoms with Crippen LogP contribution in [0.5, 0.6) is 5.75 Å². The summed E-state index contributed by atoms with van der Waals surface area (Å²) in [7, 11) is -3.28. The molecule has 1 amide bonds. The van der Waals surface area contributed by atoms with Gasteiger partial charge in [0.1, 0.15) is 11.4 Å². The SMILES string of the molecule is CCCCCCCOc1ccc(CCC(C)(COP(=O)(C(C)(C)C)C(C)(C)C)NC(=O)OC(C)(C)C)cc1C(F)(F)F. The number of halogens is 3. The van der Waals surface area contributed by atoms with Gasteiger partial charge in [-0.3, -0.25) is 4.57 Å². The number of benzene rings is 1. The van der Waals surface area contributed by atoms with E-state index in [1.165, 1.54) is 6.07 Å². The van der Waals surface area contributed by atoms with Gasteiger partial charge in [-0.25, -0.2) is 4.79 Å². The molecule has 0 saturated carbocycles. The maximum absolute atomic E-state index is 14.1. The smallest absolute Gasteiger partial charge is 0.419 e. The lowest BCUT2D eigenvalue weighted by atomic mass is 9.93. The summed E-state index contributed by atoms with van der Waals surface area (Å²) in [4.78, 5) is 12.8. The van der Waals surface area contributed by atoms with E-state index < -0.39 is 46.7 Å². The first-order valence-corrected chi connectivity index (χ1v) is 16.7. The average Bonchev–Trinajstić information content (AvgIpc) is 2.80. The monoisotopic (exact) mass is 621 g/mol. The van der Waals surface area contributed by atoms with Gasteiger partial charge < -0.3 is 19.3 Å². The third kappa shape index (κ3) is 12.1. The lowest BCUT2D eigenvalue weighted by Gasteiger charge is -2.42. The molecular formula is C32H55F3NO5P. The van der Waals surface area contributed by atoms with Crippen molar-refractivity contribution in [3.8, 4) is 5.75 Å². The van der Waals surface area contributed by atoms with Gasteiger partial charge in [0.05, 0.1) is 24.3 Å². The highest BCUT2D eigenvalue weighted by molar-refractivity contribution is 7.62. The number of hydrogen-bond donors (Lipinski definition) is 1. The molecule has 1 N–H and O–H groups in total. The van der Waals surface area contributed by atoms with E-state index in [2.05, 4.69) is 12.2 Å². The van der Waals surface area contributed by atoms with Crippen molar-refractivity contribution in [2.45, 2.75) is 149 Å². The first-order valence-electron chi connectivity index (χ1n) is 15.0. The first kappa shape index (κ1) is 38.3. The predicted molar refractivity (Wildman–Crippen MR) is 165 cm³/mol. The van der Waals surface area contributed by atoms with Gasteiger partial charge in [-0.15, -0.1) is 0 Å². The summed E-state index contributed by atoms with van der Waals surface area (Å²) in [6.07, 6.45) is -0.0251. The number of amides is 1. The number of carbonyl (C=O) groups excluding carboxylic acids is 1. The maximum atomic E-state index is 14.1. The molecule has 0 bridgehead atoms. The highest BCUT2D eigenvalue weighted by Gasteiger charge is 2.49. The Morgan fingerprint density at radius 2 is 1.45 bits per heavy atom. The molecular weight excluding hydrogens is 566 g/mol. The van der Waals surface area contributed by atoms with Crippen molar-refractivity contribution in [2.24, 2.45) is 0 Å². The molecule has 0 saturated heterocycles. The van der Waals surface area contributed by atoms with Crippen molar-refractivity contribution in [2.75, 3.05) is 13.2 Å². The van der Waals surface area contributed by atoms with Crippen LogP contribution in [0.4, 0.5) is 18.0 Å². The second kappa shape index (κ2) is 14.8. The van der Waals surface area contributed by atoms with E-state index in [4.69, 9.17) is 14.0 Å². The van der Waals surface area contributed by atoms with Gasteiger partial charge in [-0.2, -0.15) is 13.2 Å². The lowest BCUT2D eigenvalue weighted by molar-refractivity contribution is -0.139. The van der Waals surface area contributed by atoms with E-state index in [9.17, 15) is 22.5 Å². The topological polar surface area (TPSA) is 73.9 Å². The molecule has 42 heavy (non-hydrogen) atoms. The summed E-state index contributed by atoms with van der Waals surface area (Å²) in [5.74, 6) is -0.184. The Labute approximate surface area is 252 Å². The number of hydrogen-bond acceptors (Lipinski definition) is 5. The Kier molecular flexibility index (Phi) is 13.5. The zero-order chi connectivity index (χ0) is 32.6. The van der Waals surface area contributed by atoms with Gasteiger partial charge in [0.2, 0.25) is 7.37 Å². The largest absolute Gasteiger partial charge is 0.493 e. The van der Waals surface area contributed by atoms with Gasteiger partial charge in [-0.05, 0) is 64.7 Å². The highest BCUT2D eigenvalue weighted by atomic mass is 31.2. The van der Waals surface area contributed by atoms with Crippen LogP contribution in [0.1, 0.15) is 126 Å². The molecule has 0 aliphatic rings. The third-order valence-electron chi connectivity index (χ3n) is 6.95. The molecule has 1 unspecified atom stereocenters.